The van der Waals surface area contributed by atoms with Crippen LogP contribution in [0.15, 0.2) is 24.5 Å². The first-order valence-corrected chi connectivity index (χ1v) is 6.49. The fraction of sp³-hybridized carbons (Fsp3) is 0.231. The minimum atomic E-state index is 0.520. The van der Waals surface area contributed by atoms with Crippen molar-refractivity contribution in [2.24, 2.45) is 0 Å². The molecular formula is C13H13N5OS. The zero-order chi connectivity index (χ0) is 14.1. The lowest BCUT2D eigenvalue weighted by atomic mass is 10.4. The van der Waals surface area contributed by atoms with Gasteiger partial charge in [-0.15, -0.1) is 0 Å². The van der Waals surface area contributed by atoms with Gasteiger partial charge in [0, 0.05) is 12.3 Å². The predicted octanol–water partition coefficient (Wildman–Crippen LogP) is 2.25. The highest BCUT2D eigenvalue weighted by Gasteiger charge is 2.08. The highest BCUT2D eigenvalue weighted by atomic mass is 32.1. The lowest BCUT2D eigenvalue weighted by molar-refractivity contribution is 0.399. The number of ether oxygens (including phenoxy) is 1. The lowest BCUT2D eigenvalue weighted by Gasteiger charge is -2.04. The summed E-state index contributed by atoms with van der Waals surface area (Å²) in [5, 5.41) is 0. The topological polar surface area (TPSA) is 68.6 Å². The second-order valence-corrected chi connectivity index (χ2v) is 4.78. The molecular weight excluding hydrogens is 274 g/mol. The molecule has 3 heterocycles. The van der Waals surface area contributed by atoms with E-state index >= 15 is 0 Å². The number of aromatic amines is 1. The van der Waals surface area contributed by atoms with Crippen molar-refractivity contribution in [3.05, 3.63) is 40.7 Å². The molecule has 0 amide bonds. The van der Waals surface area contributed by atoms with Crippen molar-refractivity contribution in [1.29, 1.82) is 0 Å². The van der Waals surface area contributed by atoms with Gasteiger partial charge in [-0.05, 0) is 25.2 Å². The van der Waals surface area contributed by atoms with Gasteiger partial charge in [-0.3, -0.25) is 14.5 Å². The molecule has 0 unspecified atom stereocenters. The summed E-state index contributed by atoms with van der Waals surface area (Å²) >= 11 is 5.34. The zero-order valence-corrected chi connectivity index (χ0v) is 11.9. The fourth-order valence-electron chi connectivity index (χ4n) is 1.94. The second-order valence-electron chi connectivity index (χ2n) is 4.39. The van der Waals surface area contributed by atoms with Crippen LogP contribution in [0.2, 0.25) is 0 Å². The first-order chi connectivity index (χ1) is 9.67. The normalized spacial score (nSPS) is 10.9. The lowest BCUT2D eigenvalue weighted by Crippen LogP contribution is -2.04. The van der Waals surface area contributed by atoms with Gasteiger partial charge in [-0.25, -0.2) is 0 Å². The summed E-state index contributed by atoms with van der Waals surface area (Å²) in [4.78, 5) is 16.1. The Morgan fingerprint density at radius 3 is 2.85 bits per heavy atom. The van der Waals surface area contributed by atoms with E-state index in [1.165, 1.54) is 0 Å². The Morgan fingerprint density at radius 2 is 2.15 bits per heavy atom. The summed E-state index contributed by atoms with van der Waals surface area (Å²) in [5.41, 5.74) is 3.33. The minimum absolute atomic E-state index is 0.520. The van der Waals surface area contributed by atoms with Crippen molar-refractivity contribution in [1.82, 2.24) is 24.5 Å². The molecule has 1 N–H and O–H groups in total. The SMILES string of the molecule is COc1ccc2[nH]c(=S)n(Cc3cnc(C)cn3)c2n1. The molecule has 102 valence electrons. The summed E-state index contributed by atoms with van der Waals surface area (Å²) in [7, 11) is 1.59. The third-order valence-corrected chi connectivity index (χ3v) is 3.28. The Morgan fingerprint density at radius 1 is 1.30 bits per heavy atom. The van der Waals surface area contributed by atoms with Crippen LogP contribution in [0, 0.1) is 11.7 Å². The molecule has 3 aromatic heterocycles. The standard InChI is InChI=1S/C13H13N5OS/c1-8-5-15-9(6-14-8)7-18-12-10(16-13(18)20)3-4-11(17-12)19-2/h3-6H,7H2,1-2H3,(H,16,20). The maximum Gasteiger partial charge on any atom is 0.215 e. The monoisotopic (exact) mass is 287 g/mol. The van der Waals surface area contributed by atoms with Crippen molar-refractivity contribution >= 4 is 23.4 Å². The number of pyridine rings is 1. The molecule has 0 radical (unpaired) electrons. The van der Waals surface area contributed by atoms with Crippen molar-refractivity contribution in [3.63, 3.8) is 0 Å². The number of H-pyrrole nitrogens is 1. The molecule has 0 aliphatic carbocycles. The Balaban J connectivity index is 2.08. The first kappa shape index (κ1) is 12.7. The Hall–Kier alpha value is -2.28. The molecule has 0 fully saturated rings. The molecule has 3 rings (SSSR count). The van der Waals surface area contributed by atoms with Crippen LogP contribution in [0.25, 0.3) is 11.2 Å². The quantitative estimate of drug-likeness (QED) is 0.748. The van der Waals surface area contributed by atoms with Gasteiger partial charge >= 0.3 is 0 Å². The number of nitrogens with zero attached hydrogens (tertiary/aromatic N) is 4. The van der Waals surface area contributed by atoms with Crippen molar-refractivity contribution in [2.45, 2.75) is 13.5 Å². The van der Waals surface area contributed by atoms with Gasteiger partial charge in [-0.1, -0.05) is 0 Å². The highest BCUT2D eigenvalue weighted by Crippen LogP contribution is 2.17. The third-order valence-electron chi connectivity index (χ3n) is 2.96. The zero-order valence-electron chi connectivity index (χ0n) is 11.1. The van der Waals surface area contributed by atoms with E-state index in [4.69, 9.17) is 17.0 Å². The molecule has 20 heavy (non-hydrogen) atoms. The maximum absolute atomic E-state index is 5.34. The summed E-state index contributed by atoms with van der Waals surface area (Å²) in [6.45, 7) is 2.42. The molecule has 3 aromatic rings. The third kappa shape index (κ3) is 2.27. The van der Waals surface area contributed by atoms with Crippen LogP contribution in [-0.2, 0) is 6.54 Å². The Kier molecular flexibility index (Phi) is 3.19. The van der Waals surface area contributed by atoms with E-state index in [0.717, 1.165) is 22.6 Å². The van der Waals surface area contributed by atoms with Crippen molar-refractivity contribution < 1.29 is 4.74 Å². The van der Waals surface area contributed by atoms with Gasteiger partial charge < -0.3 is 9.72 Å². The van der Waals surface area contributed by atoms with Crippen molar-refractivity contribution in [2.75, 3.05) is 7.11 Å². The smallest absolute Gasteiger partial charge is 0.215 e. The molecule has 0 aliphatic heterocycles. The van der Waals surface area contributed by atoms with Gasteiger partial charge in [-0.2, -0.15) is 4.98 Å². The highest BCUT2D eigenvalue weighted by molar-refractivity contribution is 7.71. The number of rotatable bonds is 3. The van der Waals surface area contributed by atoms with E-state index in [0.29, 0.717) is 17.2 Å². The van der Waals surface area contributed by atoms with Gasteiger partial charge in [0.2, 0.25) is 5.88 Å². The fourth-order valence-corrected chi connectivity index (χ4v) is 2.20. The molecule has 0 bridgehead atoms. The van der Waals surface area contributed by atoms with Gasteiger partial charge in [0.15, 0.2) is 10.4 Å². The average molecular weight is 287 g/mol. The van der Waals surface area contributed by atoms with Gasteiger partial charge in [0.05, 0.1) is 36.8 Å². The van der Waals surface area contributed by atoms with Gasteiger partial charge in [0.1, 0.15) is 0 Å². The maximum atomic E-state index is 5.34. The van der Waals surface area contributed by atoms with Crippen LogP contribution >= 0.6 is 12.2 Å². The second kappa shape index (κ2) is 5.01. The number of nitrogens with one attached hydrogen (secondary N) is 1. The number of hydrogen-bond donors (Lipinski definition) is 1. The molecule has 0 saturated heterocycles. The van der Waals surface area contributed by atoms with Crippen LogP contribution < -0.4 is 4.74 Å². The first-order valence-electron chi connectivity index (χ1n) is 6.08. The molecule has 0 saturated carbocycles. The van der Waals surface area contributed by atoms with Crippen LogP contribution in [0.1, 0.15) is 11.4 Å². The predicted molar refractivity (Wildman–Crippen MR) is 77.3 cm³/mol. The van der Waals surface area contributed by atoms with E-state index in [2.05, 4.69) is 19.9 Å². The Bertz CT molecular complexity index is 806. The Labute approximate surface area is 120 Å². The average Bonchev–Trinajstić information content (AvgIpc) is 2.77. The summed E-state index contributed by atoms with van der Waals surface area (Å²) in [6, 6.07) is 3.69. The number of aromatic nitrogens is 5. The minimum Gasteiger partial charge on any atom is -0.481 e. The van der Waals surface area contributed by atoms with E-state index in [1.54, 1.807) is 25.6 Å². The number of fused-ring (bicyclic) bond motifs is 1. The number of hydrogen-bond acceptors (Lipinski definition) is 5. The number of imidazole rings is 1. The van der Waals surface area contributed by atoms with Crippen LogP contribution in [0.4, 0.5) is 0 Å². The van der Waals surface area contributed by atoms with Crippen molar-refractivity contribution in [3.8, 4) is 5.88 Å². The van der Waals surface area contributed by atoms with E-state index in [1.807, 2.05) is 17.6 Å². The number of methoxy groups -OCH3 is 1. The molecule has 6 nitrogen and oxygen atoms in total. The molecule has 0 aliphatic rings. The van der Waals surface area contributed by atoms with Crippen LogP contribution in [0.3, 0.4) is 0 Å². The van der Waals surface area contributed by atoms with E-state index in [-0.39, 0.29) is 0 Å². The summed E-state index contributed by atoms with van der Waals surface area (Å²) < 4.78 is 7.63. The molecule has 7 heteroatoms. The van der Waals surface area contributed by atoms with Crippen LogP contribution in [0.5, 0.6) is 5.88 Å². The summed E-state index contributed by atoms with van der Waals surface area (Å²) in [6.07, 6.45) is 3.48. The number of aryl methyl sites for hydroxylation is 1. The van der Waals surface area contributed by atoms with Crippen LogP contribution in [-0.4, -0.2) is 31.6 Å². The molecule has 0 spiro atoms. The van der Waals surface area contributed by atoms with E-state index < -0.39 is 0 Å². The van der Waals surface area contributed by atoms with Gasteiger partial charge in [0.25, 0.3) is 0 Å². The molecule has 0 atom stereocenters. The largest absolute Gasteiger partial charge is 0.481 e. The van der Waals surface area contributed by atoms with E-state index in [9.17, 15) is 0 Å². The summed E-state index contributed by atoms with van der Waals surface area (Å²) in [5.74, 6) is 0.551. The molecule has 0 aromatic carbocycles.